The molecule has 0 unspecified atom stereocenters. The lowest BCUT2D eigenvalue weighted by Gasteiger charge is -2.18. The quantitative estimate of drug-likeness (QED) is 0.193. The molecule has 2 heteroatoms. The van der Waals surface area contributed by atoms with Crippen molar-refractivity contribution >= 4 is 39.8 Å². The van der Waals surface area contributed by atoms with Gasteiger partial charge in [0.2, 0.25) is 0 Å². The van der Waals surface area contributed by atoms with Crippen molar-refractivity contribution in [1.82, 2.24) is 0 Å². The predicted molar refractivity (Wildman–Crippen MR) is 141 cm³/mol. The fourth-order valence-electron chi connectivity index (χ4n) is 2.98. The molecule has 0 aliphatic heterocycles. The van der Waals surface area contributed by atoms with E-state index in [1.165, 1.54) is 34.3 Å². The molecule has 0 amide bonds. The van der Waals surface area contributed by atoms with Gasteiger partial charge in [0.05, 0.1) is 0 Å². The molecule has 0 spiro atoms. The van der Waals surface area contributed by atoms with E-state index in [-0.39, 0.29) is 0 Å². The first-order valence-electron chi connectivity index (χ1n) is 10.6. The molecular formula is C28H34BrP. The lowest BCUT2D eigenvalue weighted by Crippen LogP contribution is -2.20. The number of halogens is 1. The highest BCUT2D eigenvalue weighted by atomic mass is 79.9. The molecule has 158 valence electrons. The molecule has 30 heavy (non-hydrogen) atoms. The standard InChI is InChI=1S/C18H15P.C10H19Br/c1-4-10-16(11-5-1)19(17-12-6-2-7-13-17)18-14-8-3-9-15-18;1-9(6-8-11)5-7-10(2,3)4/h1-15H;6H,5,7-8H2,1-4H3/b;9-6+. The largest absolute Gasteiger partial charge is 0.0883 e. The van der Waals surface area contributed by atoms with Gasteiger partial charge in [-0.25, -0.2) is 0 Å². The van der Waals surface area contributed by atoms with Crippen LogP contribution < -0.4 is 15.9 Å². The minimum absolute atomic E-state index is 0.446. The first-order chi connectivity index (χ1) is 14.4. The maximum absolute atomic E-state index is 3.39. The molecule has 0 atom stereocenters. The van der Waals surface area contributed by atoms with Gasteiger partial charge in [-0.2, -0.15) is 0 Å². The lowest BCUT2D eigenvalue weighted by molar-refractivity contribution is 0.377. The van der Waals surface area contributed by atoms with Crippen LogP contribution in [0.4, 0.5) is 0 Å². The van der Waals surface area contributed by atoms with E-state index in [0.29, 0.717) is 5.41 Å². The molecule has 3 aromatic carbocycles. The minimum Gasteiger partial charge on any atom is -0.0883 e. The average Bonchev–Trinajstić information content (AvgIpc) is 2.75. The van der Waals surface area contributed by atoms with Crippen LogP contribution in [0.3, 0.4) is 0 Å². The normalized spacial score (nSPS) is 11.7. The van der Waals surface area contributed by atoms with Gasteiger partial charge in [-0.1, -0.05) is 139 Å². The molecule has 0 radical (unpaired) electrons. The summed E-state index contributed by atoms with van der Waals surface area (Å²) in [5.41, 5.74) is 1.97. The van der Waals surface area contributed by atoms with Gasteiger partial charge in [-0.3, -0.25) is 0 Å². The highest BCUT2D eigenvalue weighted by Gasteiger charge is 2.15. The molecule has 0 bridgehead atoms. The Morgan fingerprint density at radius 3 is 1.40 bits per heavy atom. The highest BCUT2D eigenvalue weighted by Crippen LogP contribution is 2.32. The van der Waals surface area contributed by atoms with E-state index in [2.05, 4.69) is 141 Å². The summed E-state index contributed by atoms with van der Waals surface area (Å²) in [6, 6.07) is 32.3. The topological polar surface area (TPSA) is 0 Å². The molecule has 0 aliphatic carbocycles. The smallest absolute Gasteiger partial charge is 0.0214 e. The van der Waals surface area contributed by atoms with Gasteiger partial charge in [0.25, 0.3) is 0 Å². The van der Waals surface area contributed by atoms with Crippen molar-refractivity contribution in [3.8, 4) is 0 Å². The Kier molecular flexibility index (Phi) is 10.6. The second kappa shape index (κ2) is 12.9. The minimum atomic E-state index is -0.446. The molecule has 3 aromatic rings. The Labute approximate surface area is 193 Å². The van der Waals surface area contributed by atoms with E-state index in [9.17, 15) is 0 Å². The third kappa shape index (κ3) is 8.99. The zero-order valence-corrected chi connectivity index (χ0v) is 21.2. The molecule has 0 saturated heterocycles. The van der Waals surface area contributed by atoms with E-state index in [1.807, 2.05) is 0 Å². The van der Waals surface area contributed by atoms with Crippen LogP contribution in [0.25, 0.3) is 0 Å². The third-order valence-corrected chi connectivity index (χ3v) is 7.51. The molecule has 0 N–H and O–H groups in total. The number of alkyl halides is 1. The van der Waals surface area contributed by atoms with Crippen LogP contribution in [0.2, 0.25) is 0 Å². The fraction of sp³-hybridized carbons (Fsp3) is 0.286. The molecular weight excluding hydrogens is 447 g/mol. The molecule has 0 aliphatic rings. The Hall–Kier alpha value is -1.69. The van der Waals surface area contributed by atoms with E-state index in [0.717, 1.165) is 5.33 Å². The molecule has 3 rings (SSSR count). The SMILES string of the molecule is C/C(=C\CBr)CCC(C)(C)C.c1ccc(P(c2ccccc2)c2ccccc2)cc1. The molecule has 0 fully saturated rings. The summed E-state index contributed by atoms with van der Waals surface area (Å²) in [7, 11) is -0.446. The monoisotopic (exact) mass is 480 g/mol. The predicted octanol–water partition coefficient (Wildman–Crippen LogP) is 7.60. The van der Waals surface area contributed by atoms with Crippen LogP contribution in [-0.4, -0.2) is 5.33 Å². The van der Waals surface area contributed by atoms with Crippen LogP contribution in [0.1, 0.15) is 40.5 Å². The van der Waals surface area contributed by atoms with Crippen LogP contribution in [0, 0.1) is 5.41 Å². The van der Waals surface area contributed by atoms with Crippen molar-refractivity contribution in [3.63, 3.8) is 0 Å². The Bertz CT molecular complexity index is 771. The Morgan fingerprint density at radius 1 is 0.733 bits per heavy atom. The summed E-state index contributed by atoms with van der Waals surface area (Å²) in [6.45, 7) is 9.06. The molecule has 0 saturated carbocycles. The van der Waals surface area contributed by atoms with Crippen molar-refractivity contribution in [3.05, 3.63) is 103 Å². The van der Waals surface area contributed by atoms with Crippen LogP contribution in [0.15, 0.2) is 103 Å². The first-order valence-corrected chi connectivity index (χ1v) is 13.0. The number of hydrogen-bond acceptors (Lipinski definition) is 0. The number of hydrogen-bond donors (Lipinski definition) is 0. The lowest BCUT2D eigenvalue weighted by atomic mass is 9.89. The van der Waals surface area contributed by atoms with Crippen molar-refractivity contribution in [1.29, 1.82) is 0 Å². The van der Waals surface area contributed by atoms with Crippen molar-refractivity contribution in [2.45, 2.75) is 40.5 Å². The maximum Gasteiger partial charge on any atom is 0.0214 e. The van der Waals surface area contributed by atoms with Gasteiger partial charge >= 0.3 is 0 Å². The summed E-state index contributed by atoms with van der Waals surface area (Å²) in [5.74, 6) is 0. The van der Waals surface area contributed by atoms with E-state index >= 15 is 0 Å². The summed E-state index contributed by atoms with van der Waals surface area (Å²) in [4.78, 5) is 0. The zero-order valence-electron chi connectivity index (χ0n) is 18.7. The van der Waals surface area contributed by atoms with Gasteiger partial charge in [0, 0.05) is 5.33 Å². The number of rotatable bonds is 6. The molecule has 0 aromatic heterocycles. The highest BCUT2D eigenvalue weighted by molar-refractivity contribution is 9.09. The third-order valence-electron chi connectivity index (χ3n) is 4.74. The number of allylic oxidation sites excluding steroid dienone is 2. The first kappa shape index (κ1) is 24.6. The summed E-state index contributed by atoms with van der Waals surface area (Å²) >= 11 is 3.39. The van der Waals surface area contributed by atoms with Crippen molar-refractivity contribution in [2.75, 3.05) is 5.33 Å². The summed E-state index contributed by atoms with van der Waals surface area (Å²) in [6.07, 6.45) is 4.75. The zero-order chi connectivity index (χ0) is 21.8. The van der Waals surface area contributed by atoms with Crippen LogP contribution in [-0.2, 0) is 0 Å². The van der Waals surface area contributed by atoms with Gasteiger partial charge in [0.1, 0.15) is 0 Å². The van der Waals surface area contributed by atoms with Gasteiger partial charge < -0.3 is 0 Å². The van der Waals surface area contributed by atoms with Crippen LogP contribution in [0.5, 0.6) is 0 Å². The van der Waals surface area contributed by atoms with Crippen molar-refractivity contribution in [2.24, 2.45) is 5.41 Å². The van der Waals surface area contributed by atoms with E-state index in [1.54, 1.807) is 0 Å². The Balaban J connectivity index is 0.000000252. The van der Waals surface area contributed by atoms with Crippen LogP contribution >= 0.6 is 23.9 Å². The summed E-state index contributed by atoms with van der Waals surface area (Å²) in [5, 5.41) is 5.18. The van der Waals surface area contributed by atoms with Gasteiger partial charge in [-0.15, -0.1) is 0 Å². The van der Waals surface area contributed by atoms with E-state index < -0.39 is 7.92 Å². The molecule has 0 nitrogen and oxygen atoms in total. The second-order valence-electron chi connectivity index (χ2n) is 8.61. The summed E-state index contributed by atoms with van der Waals surface area (Å²) < 4.78 is 0. The van der Waals surface area contributed by atoms with E-state index in [4.69, 9.17) is 0 Å². The average molecular weight is 481 g/mol. The fourth-order valence-corrected chi connectivity index (χ4v) is 5.84. The van der Waals surface area contributed by atoms with Crippen molar-refractivity contribution < 1.29 is 0 Å². The van der Waals surface area contributed by atoms with Gasteiger partial charge in [0.15, 0.2) is 0 Å². The number of benzene rings is 3. The second-order valence-corrected chi connectivity index (χ2v) is 11.5. The maximum atomic E-state index is 3.39. The Morgan fingerprint density at radius 2 is 1.10 bits per heavy atom. The van der Waals surface area contributed by atoms with Gasteiger partial charge in [-0.05, 0) is 49.0 Å². The molecule has 0 heterocycles.